The minimum absolute atomic E-state index is 0.275. The van der Waals surface area contributed by atoms with Gasteiger partial charge in [0.05, 0.1) is 24.0 Å². The van der Waals surface area contributed by atoms with Crippen LogP contribution >= 0.6 is 0 Å². The van der Waals surface area contributed by atoms with E-state index in [9.17, 15) is 4.79 Å². The van der Waals surface area contributed by atoms with Crippen molar-refractivity contribution in [2.45, 2.75) is 19.5 Å². The number of fused-ring (bicyclic) bond motifs is 2. The maximum Gasteiger partial charge on any atom is 0.257 e. The molecule has 3 aromatic heterocycles. The summed E-state index contributed by atoms with van der Waals surface area (Å²) >= 11 is 0. The van der Waals surface area contributed by atoms with Gasteiger partial charge < -0.3 is 24.9 Å². The number of carbonyl (C=O) groups excluding carboxylic acids is 1. The van der Waals surface area contributed by atoms with E-state index in [1.807, 2.05) is 39.6 Å². The van der Waals surface area contributed by atoms with Crippen LogP contribution in [0.25, 0.3) is 22.2 Å². The summed E-state index contributed by atoms with van der Waals surface area (Å²) in [6.07, 6.45) is 6.25. The number of nitrogens with one attached hydrogen (secondary N) is 1. The summed E-state index contributed by atoms with van der Waals surface area (Å²) in [6.45, 7) is 2.21. The molecule has 1 aromatic carbocycles. The maximum atomic E-state index is 12.8. The van der Waals surface area contributed by atoms with Crippen molar-refractivity contribution in [3.63, 3.8) is 0 Å². The van der Waals surface area contributed by atoms with Gasteiger partial charge in [-0.05, 0) is 18.6 Å². The molecule has 0 atom stereocenters. The predicted octanol–water partition coefficient (Wildman–Crippen LogP) is 1.83. The molecule has 0 unspecified atom stereocenters. The van der Waals surface area contributed by atoms with Gasteiger partial charge in [-0.2, -0.15) is 0 Å². The third kappa shape index (κ3) is 3.77. The molecule has 0 bridgehead atoms. The zero-order valence-corrected chi connectivity index (χ0v) is 16.2. The molecule has 0 saturated heterocycles. The number of para-hydroxylation sites is 2. The van der Waals surface area contributed by atoms with Crippen molar-refractivity contribution >= 4 is 33.9 Å². The summed E-state index contributed by atoms with van der Waals surface area (Å²) in [7, 11) is 1.59. The average molecular weight is 393 g/mol. The molecule has 4 rings (SSSR count). The van der Waals surface area contributed by atoms with Crippen LogP contribution in [-0.4, -0.2) is 50.3 Å². The van der Waals surface area contributed by atoms with E-state index in [0.717, 1.165) is 24.0 Å². The molecule has 3 heterocycles. The normalized spacial score (nSPS) is 11.3. The first-order chi connectivity index (χ1) is 14.2. The Hall–Kier alpha value is -3.46. The van der Waals surface area contributed by atoms with E-state index in [0.29, 0.717) is 42.2 Å². The van der Waals surface area contributed by atoms with Crippen LogP contribution in [0, 0.1) is 0 Å². The van der Waals surface area contributed by atoms with Gasteiger partial charge in [-0.1, -0.05) is 12.1 Å². The number of nitrogens with two attached hydrogens (primary N) is 1. The van der Waals surface area contributed by atoms with Gasteiger partial charge in [-0.15, -0.1) is 0 Å². The van der Waals surface area contributed by atoms with Gasteiger partial charge in [0, 0.05) is 39.1 Å². The minimum atomic E-state index is -0.275. The first kappa shape index (κ1) is 18.9. The summed E-state index contributed by atoms with van der Waals surface area (Å²) < 4.78 is 8.88. The van der Waals surface area contributed by atoms with E-state index in [1.165, 1.54) is 0 Å². The number of benzene rings is 1. The van der Waals surface area contributed by atoms with E-state index < -0.39 is 0 Å². The first-order valence-corrected chi connectivity index (χ1v) is 9.46. The Morgan fingerprint density at radius 1 is 1.21 bits per heavy atom. The summed E-state index contributed by atoms with van der Waals surface area (Å²) in [4.78, 5) is 26.3. The lowest BCUT2D eigenvalue weighted by Gasteiger charge is -2.08. The zero-order valence-electron chi connectivity index (χ0n) is 16.2. The molecular weight excluding hydrogens is 370 g/mol. The van der Waals surface area contributed by atoms with Crippen LogP contribution in [0.15, 0.2) is 43.0 Å². The van der Waals surface area contributed by atoms with Gasteiger partial charge in [-0.25, -0.2) is 15.0 Å². The van der Waals surface area contributed by atoms with Crippen LogP contribution in [0.2, 0.25) is 0 Å². The largest absolute Gasteiger partial charge is 0.384 e. The Bertz CT molecular complexity index is 1130. The standard InChI is InChI=1S/C20H23N7O2/c1-29-12-8-23-20(28)16-17-19(25-15-6-3-2-5-14(15)24-17)27(18(16)21)10-4-9-26-11-7-22-13-26/h2-3,5-7,11,13H,4,8-10,12,21H2,1H3,(H,23,28). The molecule has 3 N–H and O–H groups in total. The number of hydrogen-bond donors (Lipinski definition) is 2. The second-order valence-corrected chi connectivity index (χ2v) is 6.70. The van der Waals surface area contributed by atoms with Gasteiger partial charge in [0.25, 0.3) is 5.91 Å². The second-order valence-electron chi connectivity index (χ2n) is 6.70. The molecule has 9 nitrogen and oxygen atoms in total. The topological polar surface area (TPSA) is 113 Å². The van der Waals surface area contributed by atoms with Crippen molar-refractivity contribution in [2.75, 3.05) is 26.0 Å². The highest BCUT2D eigenvalue weighted by Crippen LogP contribution is 2.28. The Kier molecular flexibility index (Phi) is 5.39. The quantitative estimate of drug-likeness (QED) is 0.442. The van der Waals surface area contributed by atoms with Crippen LogP contribution in [0.1, 0.15) is 16.8 Å². The number of methoxy groups -OCH3 is 1. The molecule has 0 radical (unpaired) electrons. The highest BCUT2D eigenvalue weighted by atomic mass is 16.5. The predicted molar refractivity (Wildman–Crippen MR) is 110 cm³/mol. The average Bonchev–Trinajstić information content (AvgIpc) is 3.33. The van der Waals surface area contributed by atoms with Crippen molar-refractivity contribution in [2.24, 2.45) is 0 Å². The fourth-order valence-corrected chi connectivity index (χ4v) is 3.35. The van der Waals surface area contributed by atoms with E-state index >= 15 is 0 Å². The number of ether oxygens (including phenoxy) is 1. The molecule has 29 heavy (non-hydrogen) atoms. The maximum absolute atomic E-state index is 12.8. The minimum Gasteiger partial charge on any atom is -0.384 e. The number of aromatic nitrogens is 5. The smallest absolute Gasteiger partial charge is 0.257 e. The molecule has 1 amide bonds. The van der Waals surface area contributed by atoms with Gasteiger partial charge in [0.15, 0.2) is 5.65 Å². The van der Waals surface area contributed by atoms with E-state index in [4.69, 9.17) is 20.4 Å². The highest BCUT2D eigenvalue weighted by Gasteiger charge is 2.23. The van der Waals surface area contributed by atoms with E-state index in [2.05, 4.69) is 10.3 Å². The molecule has 4 aromatic rings. The molecule has 150 valence electrons. The summed E-state index contributed by atoms with van der Waals surface area (Å²) in [6, 6.07) is 7.59. The Morgan fingerprint density at radius 2 is 2.00 bits per heavy atom. The summed E-state index contributed by atoms with van der Waals surface area (Å²) in [5, 5.41) is 2.84. The summed E-state index contributed by atoms with van der Waals surface area (Å²) in [5.41, 5.74) is 9.39. The molecule has 0 aliphatic carbocycles. The van der Waals surface area contributed by atoms with Crippen molar-refractivity contribution in [1.29, 1.82) is 0 Å². The number of amides is 1. The first-order valence-electron chi connectivity index (χ1n) is 9.46. The second kappa shape index (κ2) is 8.27. The lowest BCUT2D eigenvalue weighted by Crippen LogP contribution is -2.27. The van der Waals surface area contributed by atoms with E-state index in [-0.39, 0.29) is 5.91 Å². The fraction of sp³-hybridized carbons (Fsp3) is 0.300. The number of nitrogen functional groups attached to an aromatic ring is 1. The molecule has 0 aliphatic rings. The fourth-order valence-electron chi connectivity index (χ4n) is 3.35. The van der Waals surface area contributed by atoms with Gasteiger partial charge in [-0.3, -0.25) is 4.79 Å². The third-order valence-electron chi connectivity index (χ3n) is 4.77. The highest BCUT2D eigenvalue weighted by molar-refractivity contribution is 6.10. The van der Waals surface area contributed by atoms with Crippen LogP contribution in [0.5, 0.6) is 0 Å². The number of aryl methyl sites for hydroxylation is 2. The van der Waals surface area contributed by atoms with Crippen molar-refractivity contribution in [3.05, 3.63) is 48.5 Å². The summed E-state index contributed by atoms with van der Waals surface area (Å²) in [5.74, 6) is 0.0957. The molecule has 9 heteroatoms. The Morgan fingerprint density at radius 3 is 2.72 bits per heavy atom. The molecule has 0 aliphatic heterocycles. The zero-order chi connectivity index (χ0) is 20.2. The van der Waals surface area contributed by atoms with Gasteiger partial charge >= 0.3 is 0 Å². The number of nitrogens with zero attached hydrogens (tertiary/aromatic N) is 5. The molecule has 0 fully saturated rings. The number of hydrogen-bond acceptors (Lipinski definition) is 6. The molecule has 0 spiro atoms. The van der Waals surface area contributed by atoms with Gasteiger partial charge in [0.1, 0.15) is 16.9 Å². The molecule has 0 saturated carbocycles. The van der Waals surface area contributed by atoms with Gasteiger partial charge in [0.2, 0.25) is 0 Å². The van der Waals surface area contributed by atoms with Crippen molar-refractivity contribution in [1.82, 2.24) is 29.4 Å². The van der Waals surface area contributed by atoms with Crippen LogP contribution in [0.4, 0.5) is 5.82 Å². The van der Waals surface area contributed by atoms with E-state index in [1.54, 1.807) is 19.6 Å². The SMILES string of the molecule is COCCNC(=O)c1c(N)n(CCCn2ccnc2)c2nc3ccccc3nc12. The van der Waals surface area contributed by atoms with Crippen LogP contribution in [0.3, 0.4) is 0 Å². The van der Waals surface area contributed by atoms with Crippen LogP contribution < -0.4 is 11.1 Å². The lowest BCUT2D eigenvalue weighted by atomic mass is 10.2. The van der Waals surface area contributed by atoms with Crippen LogP contribution in [-0.2, 0) is 17.8 Å². The lowest BCUT2D eigenvalue weighted by molar-refractivity contribution is 0.0939. The Balaban J connectivity index is 1.73. The number of rotatable bonds is 8. The Labute approximate surface area is 167 Å². The number of anilines is 1. The third-order valence-corrected chi connectivity index (χ3v) is 4.77. The number of carbonyl (C=O) groups is 1. The monoisotopic (exact) mass is 393 g/mol. The molecular formula is C20H23N7O2. The van der Waals surface area contributed by atoms with Crippen molar-refractivity contribution in [3.8, 4) is 0 Å². The van der Waals surface area contributed by atoms with Crippen molar-refractivity contribution < 1.29 is 9.53 Å². The number of imidazole rings is 1.